The number of aromatic nitrogens is 1. The minimum atomic E-state index is -1.75. The zero-order valence-corrected chi connectivity index (χ0v) is 24.7. The normalized spacial score (nSPS) is 28.0. The van der Waals surface area contributed by atoms with E-state index in [1.165, 1.54) is 0 Å². The molecule has 4 fully saturated rings. The third-order valence-corrected chi connectivity index (χ3v) is 11.3. The Morgan fingerprint density at radius 1 is 1.12 bits per heavy atom. The summed E-state index contributed by atoms with van der Waals surface area (Å²) in [5, 5.41) is 31.1. The van der Waals surface area contributed by atoms with Gasteiger partial charge in [0.1, 0.15) is 17.0 Å². The number of carbonyl (C=O) groups excluding carboxylic acids is 1. The molecule has 4 aliphatic rings. The minimum absolute atomic E-state index is 0.0467. The van der Waals surface area contributed by atoms with Gasteiger partial charge in [0.25, 0.3) is 0 Å². The first-order valence-electron chi connectivity index (χ1n) is 14.6. The Hall–Kier alpha value is -2.54. The Kier molecular flexibility index (Phi) is 6.56. The number of carbonyl (C=O) groups is 1. The summed E-state index contributed by atoms with van der Waals surface area (Å²) >= 11 is 1.16. The second-order valence-corrected chi connectivity index (χ2v) is 14.7. The molecule has 1 amide bonds. The number of β-amino-alcohol motifs (C(OH)–C–C–N with tert-alkyl or cyclic N) is 2. The third kappa shape index (κ3) is 4.72. The highest BCUT2D eigenvalue weighted by molar-refractivity contribution is 8.00. The maximum Gasteiger partial charge on any atom is 0.231 e. The molecule has 1 aromatic heterocycles. The van der Waals surface area contributed by atoms with E-state index in [0.717, 1.165) is 72.6 Å². The van der Waals surface area contributed by atoms with E-state index in [1.807, 2.05) is 29.2 Å². The van der Waals surface area contributed by atoms with Crippen molar-refractivity contribution in [2.75, 3.05) is 23.7 Å². The summed E-state index contributed by atoms with van der Waals surface area (Å²) in [4.78, 5) is 20.6. The SMILES string of the molecule is CC1(C)C(c2nc(-c3ccc(N4CCSC(O)(O)C4)cc3)c(C3CCCCC3C(=O)NC3(C#N)CC3)o2)C1(C)C. The van der Waals surface area contributed by atoms with Crippen LogP contribution in [0, 0.1) is 28.1 Å². The van der Waals surface area contributed by atoms with Gasteiger partial charge in [-0.15, -0.1) is 0 Å². The van der Waals surface area contributed by atoms with Crippen LogP contribution >= 0.6 is 11.8 Å². The molecule has 0 bridgehead atoms. The Bertz CT molecular complexity index is 1320. The number of nitriles is 1. The lowest BCUT2D eigenvalue weighted by atomic mass is 9.76. The lowest BCUT2D eigenvalue weighted by molar-refractivity contribution is -0.127. The summed E-state index contributed by atoms with van der Waals surface area (Å²) in [5.41, 5.74) is 2.05. The molecule has 2 unspecified atom stereocenters. The van der Waals surface area contributed by atoms with E-state index in [-0.39, 0.29) is 41.0 Å². The number of nitrogens with zero attached hydrogens (tertiary/aromatic N) is 3. The number of aliphatic hydroxyl groups is 2. The molecular weight excluding hydrogens is 524 g/mol. The number of nitrogens with one attached hydrogen (secondary N) is 1. The summed E-state index contributed by atoms with van der Waals surface area (Å²) in [6.07, 6.45) is 5.04. The lowest BCUT2D eigenvalue weighted by Gasteiger charge is -2.36. The van der Waals surface area contributed by atoms with Gasteiger partial charge in [0.05, 0.1) is 12.6 Å². The molecule has 8 nitrogen and oxygen atoms in total. The average molecular weight is 565 g/mol. The van der Waals surface area contributed by atoms with Gasteiger partial charge in [0.15, 0.2) is 5.89 Å². The third-order valence-electron chi connectivity index (χ3n) is 10.3. The molecule has 2 aromatic rings. The Labute approximate surface area is 240 Å². The van der Waals surface area contributed by atoms with E-state index in [9.17, 15) is 20.3 Å². The van der Waals surface area contributed by atoms with Crippen LogP contribution in [-0.2, 0) is 4.79 Å². The maximum atomic E-state index is 13.5. The molecule has 214 valence electrons. The van der Waals surface area contributed by atoms with E-state index in [4.69, 9.17) is 9.40 Å². The molecule has 3 saturated carbocycles. The second-order valence-electron chi connectivity index (χ2n) is 13.4. The number of oxazole rings is 1. The van der Waals surface area contributed by atoms with Crippen LogP contribution in [0.2, 0.25) is 0 Å². The van der Waals surface area contributed by atoms with E-state index in [2.05, 4.69) is 39.1 Å². The molecular formula is C31H40N4O4S. The maximum absolute atomic E-state index is 13.5. The first-order chi connectivity index (χ1) is 18.9. The molecule has 1 aliphatic heterocycles. The molecule has 0 radical (unpaired) electrons. The van der Waals surface area contributed by atoms with Gasteiger partial charge in [-0.1, -0.05) is 64.4 Å². The topological polar surface area (TPSA) is 123 Å². The van der Waals surface area contributed by atoms with E-state index in [1.54, 1.807) is 0 Å². The van der Waals surface area contributed by atoms with Gasteiger partial charge in [-0.25, -0.2) is 4.98 Å². The fourth-order valence-electron chi connectivity index (χ4n) is 6.96. The van der Waals surface area contributed by atoms with Crippen molar-refractivity contribution < 1.29 is 19.4 Å². The van der Waals surface area contributed by atoms with Gasteiger partial charge in [0.2, 0.25) is 11.0 Å². The monoisotopic (exact) mass is 564 g/mol. The smallest absolute Gasteiger partial charge is 0.231 e. The molecule has 3 N–H and O–H groups in total. The molecule has 1 aromatic carbocycles. The summed E-state index contributed by atoms with van der Waals surface area (Å²) in [7, 11) is 0. The van der Waals surface area contributed by atoms with Crippen molar-refractivity contribution >= 4 is 23.4 Å². The molecule has 2 atom stereocenters. The second kappa shape index (κ2) is 9.50. The van der Waals surface area contributed by atoms with Crippen molar-refractivity contribution in [3.63, 3.8) is 0 Å². The van der Waals surface area contributed by atoms with Crippen molar-refractivity contribution in [1.82, 2.24) is 10.3 Å². The molecule has 0 spiro atoms. The van der Waals surface area contributed by atoms with Crippen LogP contribution in [0.1, 0.15) is 89.7 Å². The fourth-order valence-corrected chi connectivity index (χ4v) is 7.85. The van der Waals surface area contributed by atoms with Crippen LogP contribution in [-0.4, -0.2) is 50.6 Å². The van der Waals surface area contributed by atoms with Crippen LogP contribution in [0.3, 0.4) is 0 Å². The van der Waals surface area contributed by atoms with Gasteiger partial charge in [-0.2, -0.15) is 5.26 Å². The minimum Gasteiger partial charge on any atom is -0.444 e. The summed E-state index contributed by atoms with van der Waals surface area (Å²) in [6.45, 7) is 9.89. The summed E-state index contributed by atoms with van der Waals surface area (Å²) in [5.74, 6) is 1.93. The molecule has 3 aliphatic carbocycles. The van der Waals surface area contributed by atoms with Crippen molar-refractivity contribution in [3.05, 3.63) is 35.9 Å². The predicted molar refractivity (Wildman–Crippen MR) is 155 cm³/mol. The average Bonchev–Trinajstić information content (AvgIpc) is 3.69. The predicted octanol–water partition coefficient (Wildman–Crippen LogP) is 5.13. The van der Waals surface area contributed by atoms with Gasteiger partial charge in [-0.3, -0.25) is 4.79 Å². The molecule has 6 rings (SSSR count). The number of hydrogen-bond acceptors (Lipinski definition) is 8. The highest BCUT2D eigenvalue weighted by Gasteiger charge is 2.67. The number of hydrogen-bond donors (Lipinski definition) is 3. The van der Waals surface area contributed by atoms with Crippen LogP contribution in [0.4, 0.5) is 5.69 Å². The number of rotatable bonds is 6. The van der Waals surface area contributed by atoms with Crippen LogP contribution in [0.5, 0.6) is 0 Å². The molecule has 9 heteroatoms. The van der Waals surface area contributed by atoms with Crippen LogP contribution < -0.4 is 10.2 Å². The number of anilines is 1. The van der Waals surface area contributed by atoms with E-state index < -0.39 is 10.7 Å². The highest BCUT2D eigenvalue weighted by Crippen LogP contribution is 2.73. The zero-order valence-electron chi connectivity index (χ0n) is 23.9. The summed E-state index contributed by atoms with van der Waals surface area (Å²) < 4.78 is 6.69. The standard InChI is InChI=1S/C31H40N4O4S/c1-28(2)25(29(28,3)4)27-33-23(19-9-11-20(12-10-19)35-15-16-40-31(37,38)18-35)24(39-27)21-7-5-6-8-22(21)26(36)34-30(17-32)13-14-30/h9-12,21-22,25,37-38H,5-8,13-16,18H2,1-4H3,(H,34,36). The Morgan fingerprint density at radius 2 is 1.80 bits per heavy atom. The highest BCUT2D eigenvalue weighted by atomic mass is 32.2. The number of thioether (sulfide) groups is 1. The molecule has 2 heterocycles. The first-order valence-corrected chi connectivity index (χ1v) is 15.5. The zero-order chi connectivity index (χ0) is 28.5. The lowest BCUT2D eigenvalue weighted by Crippen LogP contribution is -2.46. The van der Waals surface area contributed by atoms with Crippen molar-refractivity contribution in [3.8, 4) is 17.3 Å². The Morgan fingerprint density at radius 3 is 2.40 bits per heavy atom. The van der Waals surface area contributed by atoms with Gasteiger partial charge in [0, 0.05) is 41.3 Å². The van der Waals surface area contributed by atoms with Gasteiger partial charge >= 0.3 is 0 Å². The van der Waals surface area contributed by atoms with Crippen LogP contribution in [0.25, 0.3) is 11.3 Å². The quantitative estimate of drug-likeness (QED) is 0.413. The van der Waals surface area contributed by atoms with Crippen molar-refractivity contribution in [1.29, 1.82) is 5.26 Å². The largest absolute Gasteiger partial charge is 0.444 e. The van der Waals surface area contributed by atoms with Crippen molar-refractivity contribution in [2.24, 2.45) is 16.7 Å². The fraction of sp³-hybridized carbons (Fsp3) is 0.645. The first kappa shape index (κ1) is 27.6. The Balaban J connectivity index is 1.35. The number of amides is 1. The van der Waals surface area contributed by atoms with E-state index in [0.29, 0.717) is 18.6 Å². The van der Waals surface area contributed by atoms with Gasteiger partial charge < -0.3 is 24.8 Å². The van der Waals surface area contributed by atoms with Crippen LogP contribution in [0.15, 0.2) is 28.7 Å². The van der Waals surface area contributed by atoms with E-state index >= 15 is 0 Å². The van der Waals surface area contributed by atoms with Gasteiger partial charge in [-0.05, 0) is 48.6 Å². The number of benzene rings is 1. The van der Waals surface area contributed by atoms with Crippen molar-refractivity contribution in [2.45, 2.75) is 88.7 Å². The molecule has 40 heavy (non-hydrogen) atoms. The summed E-state index contributed by atoms with van der Waals surface area (Å²) in [6, 6.07) is 10.3. The molecule has 1 saturated heterocycles.